The van der Waals surface area contributed by atoms with Crippen LogP contribution in [-0.2, 0) is 17.3 Å². The second-order valence-corrected chi connectivity index (χ2v) is 9.39. The van der Waals surface area contributed by atoms with Crippen LogP contribution in [0.5, 0.6) is 5.75 Å². The lowest BCUT2D eigenvalue weighted by atomic mass is 10.1. The summed E-state index contributed by atoms with van der Waals surface area (Å²) in [6, 6.07) is 4.55. The van der Waals surface area contributed by atoms with E-state index in [0.29, 0.717) is 36.6 Å². The molecule has 12 heteroatoms. The van der Waals surface area contributed by atoms with E-state index in [1.54, 1.807) is 19.1 Å². The van der Waals surface area contributed by atoms with Crippen molar-refractivity contribution in [3.8, 4) is 16.3 Å². The molecule has 1 fully saturated rings. The average Bonchev–Trinajstić information content (AvgIpc) is 3.37. The minimum atomic E-state index is -4.63. The number of carbonyl (C=O) groups excluding carboxylic acids is 1. The van der Waals surface area contributed by atoms with E-state index in [1.807, 2.05) is 19.2 Å². The van der Waals surface area contributed by atoms with E-state index in [9.17, 15) is 18.0 Å². The van der Waals surface area contributed by atoms with Crippen LogP contribution in [-0.4, -0.2) is 53.3 Å². The van der Waals surface area contributed by atoms with Crippen molar-refractivity contribution in [2.24, 2.45) is 0 Å². The van der Waals surface area contributed by atoms with Gasteiger partial charge in [-0.1, -0.05) is 6.92 Å². The molecule has 1 saturated heterocycles. The lowest BCUT2D eigenvalue weighted by molar-refractivity contribution is -0.145. The SMILES string of the molecule is CCc1cnc(-c2cc(OC[C@@H]3CNCCO3)cc(C(=O)N[C@H](C)c3cnc(C(F)(F)F)nc3)c2)s1. The van der Waals surface area contributed by atoms with E-state index >= 15 is 0 Å². The van der Waals surface area contributed by atoms with E-state index in [4.69, 9.17) is 9.47 Å². The number of thiazole rings is 1. The average molecular weight is 522 g/mol. The lowest BCUT2D eigenvalue weighted by Crippen LogP contribution is -2.41. The van der Waals surface area contributed by atoms with Gasteiger partial charge in [-0.25, -0.2) is 15.0 Å². The number of aryl methyl sites for hydroxylation is 1. The molecule has 0 aliphatic carbocycles. The van der Waals surface area contributed by atoms with Crippen molar-refractivity contribution in [2.45, 2.75) is 38.6 Å². The molecule has 0 radical (unpaired) electrons. The minimum Gasteiger partial charge on any atom is -0.491 e. The Kier molecular flexibility index (Phi) is 8.17. The van der Waals surface area contributed by atoms with Gasteiger partial charge in [-0.3, -0.25) is 4.79 Å². The third kappa shape index (κ3) is 6.56. The van der Waals surface area contributed by atoms with E-state index in [1.165, 1.54) is 11.3 Å². The molecular formula is C24H26F3N5O3S. The van der Waals surface area contributed by atoms with Gasteiger partial charge in [-0.05, 0) is 31.5 Å². The highest BCUT2D eigenvalue weighted by atomic mass is 32.1. The molecule has 1 aromatic carbocycles. The van der Waals surface area contributed by atoms with Crippen molar-refractivity contribution in [3.05, 3.63) is 58.6 Å². The van der Waals surface area contributed by atoms with Gasteiger partial charge in [0.05, 0.1) is 12.6 Å². The Morgan fingerprint density at radius 3 is 2.67 bits per heavy atom. The van der Waals surface area contributed by atoms with Crippen LogP contribution in [0.4, 0.5) is 13.2 Å². The first-order valence-electron chi connectivity index (χ1n) is 11.5. The lowest BCUT2D eigenvalue weighted by Gasteiger charge is -2.23. The summed E-state index contributed by atoms with van der Waals surface area (Å²) in [5.41, 5.74) is 1.41. The number of carbonyl (C=O) groups is 1. The molecule has 1 aliphatic heterocycles. The van der Waals surface area contributed by atoms with E-state index in [-0.39, 0.29) is 6.10 Å². The van der Waals surface area contributed by atoms with E-state index < -0.39 is 23.9 Å². The second-order valence-electron chi connectivity index (χ2n) is 8.27. The molecule has 1 amide bonds. The molecule has 0 unspecified atom stereocenters. The van der Waals surface area contributed by atoms with Gasteiger partial charge in [0.15, 0.2) is 0 Å². The molecule has 0 spiro atoms. The van der Waals surface area contributed by atoms with Crippen molar-refractivity contribution in [1.29, 1.82) is 0 Å². The Bertz CT molecular complexity index is 1180. The zero-order chi connectivity index (χ0) is 25.7. The smallest absolute Gasteiger partial charge is 0.451 e. The fraction of sp³-hybridized carbons (Fsp3) is 0.417. The summed E-state index contributed by atoms with van der Waals surface area (Å²) in [6.45, 7) is 6.07. The number of ether oxygens (including phenoxy) is 2. The Morgan fingerprint density at radius 1 is 1.25 bits per heavy atom. The van der Waals surface area contributed by atoms with Gasteiger partial charge < -0.3 is 20.1 Å². The Balaban J connectivity index is 1.53. The highest BCUT2D eigenvalue weighted by Gasteiger charge is 2.34. The highest BCUT2D eigenvalue weighted by Crippen LogP contribution is 2.31. The van der Waals surface area contributed by atoms with Crippen molar-refractivity contribution in [3.63, 3.8) is 0 Å². The van der Waals surface area contributed by atoms with Crippen LogP contribution >= 0.6 is 11.3 Å². The topological polar surface area (TPSA) is 98.3 Å². The monoisotopic (exact) mass is 521 g/mol. The molecule has 2 aromatic heterocycles. The first-order chi connectivity index (χ1) is 17.2. The van der Waals surface area contributed by atoms with Crippen molar-refractivity contribution in [1.82, 2.24) is 25.6 Å². The maximum Gasteiger partial charge on any atom is 0.451 e. The Labute approximate surface area is 210 Å². The van der Waals surface area contributed by atoms with Gasteiger partial charge in [0.2, 0.25) is 5.82 Å². The quantitative estimate of drug-likeness (QED) is 0.462. The summed E-state index contributed by atoms with van der Waals surface area (Å²) in [6.07, 6.45) is 0.0403. The molecule has 8 nitrogen and oxygen atoms in total. The van der Waals surface area contributed by atoms with Gasteiger partial charge in [0.25, 0.3) is 5.91 Å². The fourth-order valence-electron chi connectivity index (χ4n) is 3.53. The van der Waals surface area contributed by atoms with Crippen molar-refractivity contribution < 1.29 is 27.4 Å². The molecule has 0 bridgehead atoms. The predicted octanol–water partition coefficient (Wildman–Crippen LogP) is 4.04. The Hall–Kier alpha value is -3.09. The number of benzene rings is 1. The number of halogens is 3. The number of hydrogen-bond donors (Lipinski definition) is 2. The largest absolute Gasteiger partial charge is 0.491 e. The summed E-state index contributed by atoms with van der Waals surface area (Å²) in [5, 5.41) is 6.79. The molecule has 2 N–H and O–H groups in total. The Morgan fingerprint density at radius 2 is 2.03 bits per heavy atom. The number of aromatic nitrogens is 3. The van der Waals surface area contributed by atoms with Crippen LogP contribution in [0.15, 0.2) is 36.8 Å². The number of morpholine rings is 1. The highest BCUT2D eigenvalue weighted by molar-refractivity contribution is 7.15. The number of amides is 1. The second kappa shape index (κ2) is 11.3. The van der Waals surface area contributed by atoms with E-state index in [2.05, 4.69) is 25.6 Å². The third-order valence-electron chi connectivity index (χ3n) is 5.53. The number of hydrogen-bond acceptors (Lipinski definition) is 8. The third-order valence-corrected chi connectivity index (χ3v) is 6.72. The molecule has 36 heavy (non-hydrogen) atoms. The summed E-state index contributed by atoms with van der Waals surface area (Å²) >= 11 is 1.53. The van der Waals surface area contributed by atoms with Crippen LogP contribution in [0.25, 0.3) is 10.6 Å². The molecule has 2 atom stereocenters. The maximum atomic E-state index is 13.1. The molecule has 3 heterocycles. The molecule has 192 valence electrons. The number of nitrogens with one attached hydrogen (secondary N) is 2. The minimum absolute atomic E-state index is 0.106. The zero-order valence-corrected chi connectivity index (χ0v) is 20.6. The summed E-state index contributed by atoms with van der Waals surface area (Å²) in [7, 11) is 0. The van der Waals surface area contributed by atoms with Crippen LogP contribution in [0.1, 0.15) is 46.5 Å². The van der Waals surface area contributed by atoms with Gasteiger partial charge in [-0.15, -0.1) is 11.3 Å². The van der Waals surface area contributed by atoms with Crippen LogP contribution in [0.3, 0.4) is 0 Å². The molecule has 3 aromatic rings. The molecular weight excluding hydrogens is 495 g/mol. The van der Waals surface area contributed by atoms with Crippen LogP contribution < -0.4 is 15.4 Å². The van der Waals surface area contributed by atoms with Gasteiger partial charge >= 0.3 is 6.18 Å². The number of alkyl halides is 3. The van der Waals surface area contributed by atoms with Crippen LogP contribution in [0, 0.1) is 0 Å². The normalized spacial score (nSPS) is 17.0. The maximum absolute atomic E-state index is 13.1. The zero-order valence-electron chi connectivity index (χ0n) is 19.8. The molecule has 1 aliphatic rings. The number of nitrogens with zero attached hydrogens (tertiary/aromatic N) is 3. The summed E-state index contributed by atoms with van der Waals surface area (Å²) in [5.74, 6) is -1.16. The molecule has 0 saturated carbocycles. The predicted molar refractivity (Wildman–Crippen MR) is 128 cm³/mol. The molecule has 4 rings (SSSR count). The van der Waals surface area contributed by atoms with Crippen molar-refractivity contribution >= 4 is 17.2 Å². The van der Waals surface area contributed by atoms with Gasteiger partial charge in [-0.2, -0.15) is 13.2 Å². The van der Waals surface area contributed by atoms with E-state index in [0.717, 1.165) is 40.8 Å². The number of rotatable bonds is 8. The summed E-state index contributed by atoms with van der Waals surface area (Å²) < 4.78 is 49.9. The standard InChI is InChI=1S/C24H26F3N5O3S/c1-3-20-12-29-22(36-20)16-6-15(7-18(8-16)35-13-19-11-28-4-5-34-19)21(33)32-14(2)17-9-30-23(31-10-17)24(25,26)27/h6-10,12,14,19,28H,3-5,11,13H2,1-2H3,(H,32,33)/t14-,19+/m1/s1. The first-order valence-corrected chi connectivity index (χ1v) is 12.3. The summed E-state index contributed by atoms with van der Waals surface area (Å²) in [4.78, 5) is 25.4. The first kappa shape index (κ1) is 26.0. The van der Waals surface area contributed by atoms with Crippen LogP contribution in [0.2, 0.25) is 0 Å². The van der Waals surface area contributed by atoms with Gasteiger partial charge in [0.1, 0.15) is 23.5 Å². The van der Waals surface area contributed by atoms with Crippen molar-refractivity contribution in [2.75, 3.05) is 26.3 Å². The fourth-order valence-corrected chi connectivity index (χ4v) is 4.37. The van der Waals surface area contributed by atoms with Gasteiger partial charge in [0, 0.05) is 53.2 Å².